The van der Waals surface area contributed by atoms with Crippen LogP contribution < -0.4 is 10.6 Å². The standard InChI is InChI=1S/C17H17FN2O/c1-11-2-4-13(7-16(11)18)17(21)20-8-12-3-5-14-9-19-10-15(14)6-12/h2-7,19H,8-10H2,1H3,(H,20,21). The number of benzene rings is 2. The Morgan fingerprint density at radius 2 is 2.00 bits per heavy atom. The lowest BCUT2D eigenvalue weighted by Crippen LogP contribution is -2.23. The highest BCUT2D eigenvalue weighted by molar-refractivity contribution is 5.94. The maximum atomic E-state index is 13.5. The predicted octanol–water partition coefficient (Wildman–Crippen LogP) is 2.67. The van der Waals surface area contributed by atoms with Crippen molar-refractivity contribution in [3.8, 4) is 0 Å². The molecule has 0 bridgehead atoms. The lowest BCUT2D eigenvalue weighted by atomic mass is 10.1. The van der Waals surface area contributed by atoms with Gasteiger partial charge in [-0.05, 0) is 41.3 Å². The molecule has 2 aromatic carbocycles. The van der Waals surface area contributed by atoms with Gasteiger partial charge in [-0.1, -0.05) is 24.3 Å². The van der Waals surface area contributed by atoms with Gasteiger partial charge in [0.15, 0.2) is 0 Å². The minimum absolute atomic E-state index is 0.257. The summed E-state index contributed by atoms with van der Waals surface area (Å²) in [6.45, 7) is 3.90. The summed E-state index contributed by atoms with van der Waals surface area (Å²) in [6, 6.07) is 10.7. The number of fused-ring (bicyclic) bond motifs is 1. The maximum absolute atomic E-state index is 13.5. The van der Waals surface area contributed by atoms with E-state index in [1.807, 2.05) is 6.07 Å². The van der Waals surface area contributed by atoms with E-state index in [-0.39, 0.29) is 11.7 Å². The number of halogens is 1. The third-order valence-electron chi connectivity index (χ3n) is 3.79. The first-order valence-electron chi connectivity index (χ1n) is 6.99. The summed E-state index contributed by atoms with van der Waals surface area (Å²) in [5.41, 5.74) is 4.53. The molecule has 2 aromatic rings. The summed E-state index contributed by atoms with van der Waals surface area (Å²) in [5.74, 6) is -0.612. The monoisotopic (exact) mass is 284 g/mol. The fourth-order valence-corrected chi connectivity index (χ4v) is 2.48. The quantitative estimate of drug-likeness (QED) is 0.910. The van der Waals surface area contributed by atoms with Gasteiger partial charge in [0, 0.05) is 25.2 Å². The number of carbonyl (C=O) groups is 1. The number of hydrogen-bond donors (Lipinski definition) is 2. The first kappa shape index (κ1) is 13.8. The Kier molecular flexibility index (Phi) is 3.71. The third-order valence-corrected chi connectivity index (χ3v) is 3.79. The van der Waals surface area contributed by atoms with Crippen LogP contribution in [0, 0.1) is 12.7 Å². The average Bonchev–Trinajstić information content (AvgIpc) is 2.95. The van der Waals surface area contributed by atoms with Gasteiger partial charge in [0.05, 0.1) is 0 Å². The largest absolute Gasteiger partial charge is 0.348 e. The topological polar surface area (TPSA) is 41.1 Å². The Morgan fingerprint density at radius 1 is 1.19 bits per heavy atom. The highest BCUT2D eigenvalue weighted by atomic mass is 19.1. The van der Waals surface area contributed by atoms with Crippen LogP contribution in [-0.4, -0.2) is 5.91 Å². The van der Waals surface area contributed by atoms with Crippen molar-refractivity contribution in [2.45, 2.75) is 26.6 Å². The lowest BCUT2D eigenvalue weighted by molar-refractivity contribution is 0.0950. The van der Waals surface area contributed by atoms with E-state index in [4.69, 9.17) is 0 Å². The number of amides is 1. The molecule has 0 aliphatic carbocycles. The molecular formula is C17H17FN2O. The zero-order valence-electron chi connectivity index (χ0n) is 11.9. The Bertz CT molecular complexity index is 697. The highest BCUT2D eigenvalue weighted by Crippen LogP contribution is 2.17. The van der Waals surface area contributed by atoms with Gasteiger partial charge in [-0.2, -0.15) is 0 Å². The predicted molar refractivity (Wildman–Crippen MR) is 79.3 cm³/mol. The van der Waals surface area contributed by atoms with Crippen molar-refractivity contribution in [1.29, 1.82) is 0 Å². The van der Waals surface area contributed by atoms with Gasteiger partial charge < -0.3 is 10.6 Å². The molecule has 0 atom stereocenters. The first-order valence-corrected chi connectivity index (χ1v) is 6.99. The molecule has 1 amide bonds. The maximum Gasteiger partial charge on any atom is 0.251 e. The van der Waals surface area contributed by atoms with Crippen LogP contribution in [-0.2, 0) is 19.6 Å². The second-order valence-corrected chi connectivity index (χ2v) is 5.35. The van der Waals surface area contributed by atoms with Crippen LogP contribution in [0.2, 0.25) is 0 Å². The average molecular weight is 284 g/mol. The van der Waals surface area contributed by atoms with Crippen molar-refractivity contribution in [2.75, 3.05) is 0 Å². The molecule has 1 heterocycles. The van der Waals surface area contributed by atoms with E-state index in [1.165, 1.54) is 17.2 Å². The van der Waals surface area contributed by atoms with Crippen LogP contribution in [0.4, 0.5) is 4.39 Å². The summed E-state index contributed by atoms with van der Waals surface area (Å²) in [6.07, 6.45) is 0. The Balaban J connectivity index is 1.67. The van der Waals surface area contributed by atoms with Crippen molar-refractivity contribution in [3.63, 3.8) is 0 Å². The van der Waals surface area contributed by atoms with Crippen LogP contribution in [0.15, 0.2) is 36.4 Å². The van der Waals surface area contributed by atoms with Crippen LogP contribution in [0.3, 0.4) is 0 Å². The molecule has 3 nitrogen and oxygen atoms in total. The van der Waals surface area contributed by atoms with E-state index < -0.39 is 0 Å². The smallest absolute Gasteiger partial charge is 0.251 e. The third kappa shape index (κ3) is 2.95. The van der Waals surface area contributed by atoms with E-state index in [2.05, 4.69) is 22.8 Å². The first-order chi connectivity index (χ1) is 10.1. The fourth-order valence-electron chi connectivity index (χ4n) is 2.48. The second kappa shape index (κ2) is 5.66. The van der Waals surface area contributed by atoms with Crippen LogP contribution in [0.5, 0.6) is 0 Å². The van der Waals surface area contributed by atoms with E-state index in [9.17, 15) is 9.18 Å². The number of carbonyl (C=O) groups excluding carboxylic acids is 1. The zero-order chi connectivity index (χ0) is 14.8. The Morgan fingerprint density at radius 3 is 2.81 bits per heavy atom. The van der Waals surface area contributed by atoms with Gasteiger partial charge in [0.25, 0.3) is 5.91 Å². The van der Waals surface area contributed by atoms with Gasteiger partial charge >= 0.3 is 0 Å². The van der Waals surface area contributed by atoms with Crippen molar-refractivity contribution in [2.24, 2.45) is 0 Å². The zero-order valence-corrected chi connectivity index (χ0v) is 11.9. The molecule has 108 valence electrons. The number of nitrogens with one attached hydrogen (secondary N) is 2. The van der Waals surface area contributed by atoms with Crippen molar-refractivity contribution < 1.29 is 9.18 Å². The SMILES string of the molecule is Cc1ccc(C(=O)NCc2ccc3c(c2)CNC3)cc1F. The Hall–Kier alpha value is -2.20. The number of rotatable bonds is 3. The molecule has 0 spiro atoms. The highest BCUT2D eigenvalue weighted by Gasteiger charge is 2.11. The van der Waals surface area contributed by atoms with Gasteiger partial charge in [-0.25, -0.2) is 4.39 Å². The van der Waals surface area contributed by atoms with Crippen LogP contribution in [0.1, 0.15) is 32.6 Å². The molecule has 0 fully saturated rings. The van der Waals surface area contributed by atoms with Gasteiger partial charge in [0.1, 0.15) is 5.82 Å². The molecule has 21 heavy (non-hydrogen) atoms. The van der Waals surface area contributed by atoms with Crippen LogP contribution in [0.25, 0.3) is 0 Å². The molecule has 2 N–H and O–H groups in total. The van der Waals surface area contributed by atoms with E-state index in [0.29, 0.717) is 17.7 Å². The van der Waals surface area contributed by atoms with Gasteiger partial charge in [-0.15, -0.1) is 0 Å². The lowest BCUT2D eigenvalue weighted by Gasteiger charge is -2.08. The second-order valence-electron chi connectivity index (χ2n) is 5.35. The number of aryl methyl sites for hydroxylation is 1. The Labute approximate surface area is 123 Å². The normalized spacial score (nSPS) is 13.0. The molecule has 0 aromatic heterocycles. The molecular weight excluding hydrogens is 267 g/mol. The van der Waals surface area contributed by atoms with E-state index >= 15 is 0 Å². The molecule has 1 aliphatic rings. The van der Waals surface area contributed by atoms with Crippen molar-refractivity contribution >= 4 is 5.91 Å². The molecule has 1 aliphatic heterocycles. The molecule has 0 saturated carbocycles. The van der Waals surface area contributed by atoms with Gasteiger partial charge in [0.2, 0.25) is 0 Å². The summed E-state index contributed by atoms with van der Waals surface area (Å²) in [4.78, 5) is 12.0. The van der Waals surface area contributed by atoms with Crippen molar-refractivity contribution in [1.82, 2.24) is 10.6 Å². The molecule has 0 radical (unpaired) electrons. The van der Waals surface area contributed by atoms with E-state index in [0.717, 1.165) is 18.7 Å². The van der Waals surface area contributed by atoms with E-state index in [1.54, 1.807) is 19.1 Å². The summed E-state index contributed by atoms with van der Waals surface area (Å²) < 4.78 is 13.5. The van der Waals surface area contributed by atoms with Crippen molar-refractivity contribution in [3.05, 3.63) is 70.0 Å². The fraction of sp³-hybridized carbons (Fsp3) is 0.235. The molecule has 0 saturated heterocycles. The minimum atomic E-state index is -0.355. The summed E-state index contributed by atoms with van der Waals surface area (Å²) in [5, 5.41) is 6.12. The minimum Gasteiger partial charge on any atom is -0.348 e. The molecule has 4 heteroatoms. The van der Waals surface area contributed by atoms with Gasteiger partial charge in [-0.3, -0.25) is 4.79 Å². The van der Waals surface area contributed by atoms with Crippen LogP contribution >= 0.6 is 0 Å². The summed E-state index contributed by atoms with van der Waals surface area (Å²) >= 11 is 0. The summed E-state index contributed by atoms with van der Waals surface area (Å²) in [7, 11) is 0. The molecule has 3 rings (SSSR count). The number of hydrogen-bond acceptors (Lipinski definition) is 2. The molecule has 0 unspecified atom stereocenters.